The summed E-state index contributed by atoms with van der Waals surface area (Å²) in [4.78, 5) is 2.47. The molecule has 180 valence electrons. The van der Waals surface area contributed by atoms with Crippen LogP contribution in [0.5, 0.6) is 0 Å². The summed E-state index contributed by atoms with van der Waals surface area (Å²) < 4.78 is 73.1. The van der Waals surface area contributed by atoms with Crippen LogP contribution in [-0.4, -0.2) is 82.8 Å². The van der Waals surface area contributed by atoms with E-state index in [1.165, 1.54) is 20.7 Å². The van der Waals surface area contributed by atoms with Gasteiger partial charge in [0.15, 0.2) is 0 Å². The van der Waals surface area contributed by atoms with Gasteiger partial charge in [0.1, 0.15) is 5.82 Å². The number of sulfonamides is 2. The van der Waals surface area contributed by atoms with Gasteiger partial charge in [-0.2, -0.15) is 8.61 Å². The van der Waals surface area contributed by atoms with Gasteiger partial charge in [-0.15, -0.1) is 0 Å². The number of benzene rings is 2. The number of hydrogen-bond acceptors (Lipinski definition) is 6. The SMILES string of the molecule is O=S(=O)(c1cccc(CN2CCCN(S(=O)(=O)c3ccc(F)cc3)CC2)c1)N1CCOCC1. The Labute approximate surface area is 194 Å². The van der Waals surface area contributed by atoms with Crippen molar-refractivity contribution in [2.24, 2.45) is 0 Å². The van der Waals surface area contributed by atoms with E-state index in [9.17, 15) is 21.2 Å². The minimum Gasteiger partial charge on any atom is -0.379 e. The van der Waals surface area contributed by atoms with Crippen LogP contribution >= 0.6 is 0 Å². The lowest BCUT2D eigenvalue weighted by Gasteiger charge is -2.26. The van der Waals surface area contributed by atoms with Crippen molar-refractivity contribution in [3.05, 3.63) is 59.9 Å². The Hall–Kier alpha value is -1.89. The van der Waals surface area contributed by atoms with Crippen molar-refractivity contribution in [1.82, 2.24) is 13.5 Å². The van der Waals surface area contributed by atoms with E-state index in [4.69, 9.17) is 4.74 Å². The Balaban J connectivity index is 1.42. The lowest BCUT2D eigenvalue weighted by atomic mass is 10.2. The van der Waals surface area contributed by atoms with E-state index < -0.39 is 25.9 Å². The molecule has 0 bridgehead atoms. The molecule has 0 N–H and O–H groups in total. The topological polar surface area (TPSA) is 87.2 Å². The number of ether oxygens (including phenoxy) is 1. The lowest BCUT2D eigenvalue weighted by Crippen LogP contribution is -2.40. The van der Waals surface area contributed by atoms with Crippen LogP contribution in [0.25, 0.3) is 0 Å². The zero-order valence-electron chi connectivity index (χ0n) is 18.3. The highest BCUT2D eigenvalue weighted by molar-refractivity contribution is 7.89. The highest BCUT2D eigenvalue weighted by Gasteiger charge is 2.28. The largest absolute Gasteiger partial charge is 0.379 e. The molecule has 0 saturated carbocycles. The maximum atomic E-state index is 13.2. The normalized spacial score (nSPS) is 19.9. The summed E-state index contributed by atoms with van der Waals surface area (Å²) in [6, 6.07) is 11.8. The summed E-state index contributed by atoms with van der Waals surface area (Å²) in [6.07, 6.45) is 0.645. The van der Waals surface area contributed by atoms with E-state index >= 15 is 0 Å². The van der Waals surface area contributed by atoms with E-state index in [1.54, 1.807) is 18.2 Å². The Morgan fingerprint density at radius 3 is 2.15 bits per heavy atom. The quantitative estimate of drug-likeness (QED) is 0.604. The van der Waals surface area contributed by atoms with Crippen molar-refractivity contribution >= 4 is 20.0 Å². The molecule has 8 nitrogen and oxygen atoms in total. The third kappa shape index (κ3) is 5.61. The molecule has 2 heterocycles. The van der Waals surface area contributed by atoms with E-state index in [-0.39, 0.29) is 9.79 Å². The highest BCUT2D eigenvalue weighted by Crippen LogP contribution is 2.21. The Bertz CT molecular complexity index is 1170. The minimum absolute atomic E-state index is 0.0818. The molecule has 2 saturated heterocycles. The average molecular weight is 498 g/mol. The summed E-state index contributed by atoms with van der Waals surface area (Å²) >= 11 is 0. The van der Waals surface area contributed by atoms with Gasteiger partial charge in [0.05, 0.1) is 23.0 Å². The predicted molar refractivity (Wildman–Crippen MR) is 121 cm³/mol. The summed E-state index contributed by atoms with van der Waals surface area (Å²) in [5, 5.41) is 0. The second-order valence-electron chi connectivity index (χ2n) is 8.15. The maximum absolute atomic E-state index is 13.2. The first kappa shape index (κ1) is 24.2. The smallest absolute Gasteiger partial charge is 0.243 e. The molecule has 0 radical (unpaired) electrons. The molecular weight excluding hydrogens is 469 g/mol. The van der Waals surface area contributed by atoms with Crippen LogP contribution in [0.1, 0.15) is 12.0 Å². The van der Waals surface area contributed by atoms with Gasteiger partial charge in [-0.3, -0.25) is 4.90 Å². The third-order valence-corrected chi connectivity index (χ3v) is 9.72. The molecule has 0 amide bonds. The fraction of sp³-hybridized carbons (Fsp3) is 0.455. The van der Waals surface area contributed by atoms with Crippen LogP contribution in [0, 0.1) is 5.82 Å². The zero-order chi connectivity index (χ0) is 23.5. The van der Waals surface area contributed by atoms with Gasteiger partial charge in [-0.05, 0) is 54.9 Å². The second kappa shape index (κ2) is 10.2. The lowest BCUT2D eigenvalue weighted by molar-refractivity contribution is 0.0730. The molecule has 2 fully saturated rings. The fourth-order valence-electron chi connectivity index (χ4n) is 4.10. The summed E-state index contributed by atoms with van der Waals surface area (Å²) in [5.41, 5.74) is 0.860. The van der Waals surface area contributed by atoms with Crippen LogP contribution in [0.4, 0.5) is 4.39 Å². The first-order valence-corrected chi connectivity index (χ1v) is 13.8. The first-order chi connectivity index (χ1) is 15.8. The van der Waals surface area contributed by atoms with E-state index in [0.29, 0.717) is 65.4 Å². The van der Waals surface area contributed by atoms with Crippen LogP contribution in [0.2, 0.25) is 0 Å². The van der Waals surface area contributed by atoms with E-state index in [2.05, 4.69) is 4.90 Å². The molecule has 2 aromatic carbocycles. The molecule has 2 aromatic rings. The monoisotopic (exact) mass is 497 g/mol. The fourth-order valence-corrected chi connectivity index (χ4v) is 7.05. The molecule has 0 atom stereocenters. The van der Waals surface area contributed by atoms with Gasteiger partial charge in [-0.1, -0.05) is 12.1 Å². The van der Waals surface area contributed by atoms with Gasteiger partial charge in [-0.25, -0.2) is 21.2 Å². The van der Waals surface area contributed by atoms with Crippen molar-refractivity contribution in [2.75, 3.05) is 52.5 Å². The van der Waals surface area contributed by atoms with Crippen LogP contribution in [-0.2, 0) is 31.3 Å². The Morgan fingerprint density at radius 1 is 0.758 bits per heavy atom. The Morgan fingerprint density at radius 2 is 1.42 bits per heavy atom. The number of hydrogen-bond donors (Lipinski definition) is 0. The Kier molecular flexibility index (Phi) is 7.46. The standard InChI is InChI=1S/C22H28FN3O5S2/c23-20-5-7-21(8-6-20)32(27,28)25-10-2-9-24(11-12-25)18-19-3-1-4-22(17-19)33(29,30)26-13-15-31-16-14-26/h1,3-8,17H,2,9-16,18H2. The zero-order valence-corrected chi connectivity index (χ0v) is 19.9. The third-order valence-electron chi connectivity index (χ3n) is 5.91. The molecule has 0 unspecified atom stereocenters. The van der Waals surface area contributed by atoms with Crippen molar-refractivity contribution in [1.29, 1.82) is 0 Å². The molecule has 0 aromatic heterocycles. The molecular formula is C22H28FN3O5S2. The highest BCUT2D eigenvalue weighted by atomic mass is 32.2. The van der Waals surface area contributed by atoms with Crippen LogP contribution in [0.15, 0.2) is 58.3 Å². The van der Waals surface area contributed by atoms with Gasteiger partial charge < -0.3 is 4.74 Å². The van der Waals surface area contributed by atoms with Crippen LogP contribution < -0.4 is 0 Å². The number of halogens is 1. The number of rotatable bonds is 6. The number of nitrogens with zero attached hydrogens (tertiary/aromatic N) is 3. The van der Waals surface area contributed by atoms with Gasteiger partial charge >= 0.3 is 0 Å². The minimum atomic E-state index is -3.69. The molecule has 2 aliphatic rings. The van der Waals surface area contributed by atoms with Gasteiger partial charge in [0.25, 0.3) is 0 Å². The van der Waals surface area contributed by atoms with Crippen molar-refractivity contribution in [3.8, 4) is 0 Å². The second-order valence-corrected chi connectivity index (χ2v) is 12.0. The van der Waals surface area contributed by atoms with Gasteiger partial charge in [0, 0.05) is 39.3 Å². The van der Waals surface area contributed by atoms with E-state index in [1.807, 2.05) is 6.07 Å². The van der Waals surface area contributed by atoms with Crippen molar-refractivity contribution in [3.63, 3.8) is 0 Å². The molecule has 2 aliphatic heterocycles. The summed E-state index contributed by atoms with van der Waals surface area (Å²) in [6.45, 7) is 3.89. The van der Waals surface area contributed by atoms with Crippen LogP contribution in [0.3, 0.4) is 0 Å². The van der Waals surface area contributed by atoms with Crippen molar-refractivity contribution in [2.45, 2.75) is 22.8 Å². The molecule has 4 rings (SSSR count). The van der Waals surface area contributed by atoms with Crippen molar-refractivity contribution < 1.29 is 26.0 Å². The summed E-state index contributed by atoms with van der Waals surface area (Å²) in [7, 11) is -7.27. The molecule has 11 heteroatoms. The summed E-state index contributed by atoms with van der Waals surface area (Å²) in [5.74, 6) is -0.478. The number of morpholine rings is 1. The van der Waals surface area contributed by atoms with E-state index in [0.717, 1.165) is 17.7 Å². The molecule has 0 spiro atoms. The molecule has 33 heavy (non-hydrogen) atoms. The molecule has 0 aliphatic carbocycles. The first-order valence-electron chi connectivity index (χ1n) is 10.9. The predicted octanol–water partition coefficient (Wildman–Crippen LogP) is 1.74. The van der Waals surface area contributed by atoms with Gasteiger partial charge in [0.2, 0.25) is 20.0 Å². The average Bonchev–Trinajstić information content (AvgIpc) is 3.06. The maximum Gasteiger partial charge on any atom is 0.243 e.